The predicted molar refractivity (Wildman–Crippen MR) is 88.6 cm³/mol. The Morgan fingerprint density at radius 1 is 1.42 bits per heavy atom. The highest BCUT2D eigenvalue weighted by Gasteiger charge is 2.23. The molecule has 0 bridgehead atoms. The van der Waals surface area contributed by atoms with Crippen molar-refractivity contribution >= 4 is 5.91 Å². The Morgan fingerprint density at radius 2 is 2.21 bits per heavy atom. The lowest BCUT2D eigenvalue weighted by Gasteiger charge is -2.13. The normalized spacial score (nSPS) is 15.8. The van der Waals surface area contributed by atoms with Crippen LogP contribution in [0.15, 0.2) is 16.7 Å². The molecule has 0 aliphatic carbocycles. The van der Waals surface area contributed by atoms with E-state index in [4.69, 9.17) is 14.0 Å². The fraction of sp³-hybridized carbons (Fsp3) is 0.444. The molecule has 1 aromatic carbocycles. The van der Waals surface area contributed by atoms with Crippen LogP contribution in [0.4, 0.5) is 0 Å². The van der Waals surface area contributed by atoms with Gasteiger partial charge in [-0.05, 0) is 39.8 Å². The number of hydrogen-bond acceptors (Lipinski definition) is 5. The fourth-order valence-electron chi connectivity index (χ4n) is 2.98. The predicted octanol–water partition coefficient (Wildman–Crippen LogP) is 2.94. The molecule has 0 spiro atoms. The largest absolute Gasteiger partial charge is 0.494 e. The zero-order valence-electron chi connectivity index (χ0n) is 14.4. The van der Waals surface area contributed by atoms with E-state index in [-0.39, 0.29) is 12.0 Å². The Balaban J connectivity index is 1.79. The van der Waals surface area contributed by atoms with E-state index in [1.54, 1.807) is 13.8 Å². The van der Waals surface area contributed by atoms with Gasteiger partial charge in [0.1, 0.15) is 28.9 Å². The van der Waals surface area contributed by atoms with Crippen molar-refractivity contribution in [2.75, 3.05) is 6.61 Å². The van der Waals surface area contributed by atoms with E-state index in [9.17, 15) is 4.79 Å². The van der Waals surface area contributed by atoms with Gasteiger partial charge in [0.05, 0.1) is 12.3 Å². The van der Waals surface area contributed by atoms with Crippen LogP contribution >= 0.6 is 0 Å². The SMILES string of the molecule is CCOc1cc2c(cc1CNC(=O)c1c(C)noc1C)OC(C)C2. The smallest absolute Gasteiger partial charge is 0.257 e. The molecule has 1 atom stereocenters. The number of amides is 1. The average Bonchev–Trinajstić information content (AvgIpc) is 3.06. The van der Waals surface area contributed by atoms with E-state index in [0.717, 1.165) is 29.0 Å². The number of benzene rings is 1. The maximum atomic E-state index is 12.4. The molecule has 0 saturated carbocycles. The van der Waals surface area contributed by atoms with Crippen LogP contribution in [0.2, 0.25) is 0 Å². The van der Waals surface area contributed by atoms with Crippen LogP contribution in [0.1, 0.15) is 46.8 Å². The third kappa shape index (κ3) is 3.09. The van der Waals surface area contributed by atoms with Crippen molar-refractivity contribution in [2.24, 2.45) is 0 Å². The molecule has 1 amide bonds. The molecule has 0 radical (unpaired) electrons. The van der Waals surface area contributed by atoms with Crippen molar-refractivity contribution < 1.29 is 18.8 Å². The molecule has 0 saturated heterocycles. The standard InChI is InChI=1S/C18H22N2O4/c1-5-22-15-7-13-6-10(2)23-16(13)8-14(15)9-19-18(21)17-11(3)20-24-12(17)4/h7-8,10H,5-6,9H2,1-4H3,(H,19,21). The van der Waals surface area contributed by atoms with Gasteiger partial charge in [-0.15, -0.1) is 0 Å². The first-order valence-corrected chi connectivity index (χ1v) is 8.16. The number of nitrogens with one attached hydrogen (secondary N) is 1. The van der Waals surface area contributed by atoms with E-state index >= 15 is 0 Å². The van der Waals surface area contributed by atoms with Gasteiger partial charge in [-0.2, -0.15) is 0 Å². The molecular formula is C18H22N2O4. The van der Waals surface area contributed by atoms with Crippen LogP contribution < -0.4 is 14.8 Å². The van der Waals surface area contributed by atoms with Crippen molar-refractivity contribution in [3.63, 3.8) is 0 Å². The molecule has 0 fully saturated rings. The molecule has 2 heterocycles. The van der Waals surface area contributed by atoms with Gasteiger partial charge in [-0.1, -0.05) is 5.16 Å². The van der Waals surface area contributed by atoms with Gasteiger partial charge in [-0.3, -0.25) is 4.79 Å². The molecule has 2 aromatic rings. The molecule has 24 heavy (non-hydrogen) atoms. The summed E-state index contributed by atoms with van der Waals surface area (Å²) in [4.78, 5) is 12.4. The molecule has 6 nitrogen and oxygen atoms in total. The second-order valence-electron chi connectivity index (χ2n) is 6.02. The highest BCUT2D eigenvalue weighted by atomic mass is 16.5. The summed E-state index contributed by atoms with van der Waals surface area (Å²) in [7, 11) is 0. The van der Waals surface area contributed by atoms with Gasteiger partial charge >= 0.3 is 0 Å². The van der Waals surface area contributed by atoms with E-state index in [1.807, 2.05) is 26.0 Å². The minimum absolute atomic E-state index is 0.168. The lowest BCUT2D eigenvalue weighted by molar-refractivity contribution is 0.0948. The number of fused-ring (bicyclic) bond motifs is 1. The average molecular weight is 330 g/mol. The van der Waals surface area contributed by atoms with E-state index in [0.29, 0.717) is 30.2 Å². The van der Waals surface area contributed by atoms with Gasteiger partial charge in [0, 0.05) is 24.1 Å². The van der Waals surface area contributed by atoms with Crippen LogP contribution in [0.25, 0.3) is 0 Å². The van der Waals surface area contributed by atoms with Crippen molar-refractivity contribution in [3.05, 3.63) is 40.3 Å². The Kier molecular flexibility index (Phi) is 4.46. The molecule has 3 rings (SSSR count). The first kappa shape index (κ1) is 16.4. The monoisotopic (exact) mass is 330 g/mol. The topological polar surface area (TPSA) is 73.6 Å². The first-order valence-electron chi connectivity index (χ1n) is 8.16. The Morgan fingerprint density at radius 3 is 2.88 bits per heavy atom. The molecule has 1 aliphatic rings. The third-order valence-electron chi connectivity index (χ3n) is 4.08. The summed E-state index contributed by atoms with van der Waals surface area (Å²) in [5, 5.41) is 6.72. The number of carbonyl (C=O) groups excluding carboxylic acids is 1. The molecule has 1 aliphatic heterocycles. The molecule has 1 aromatic heterocycles. The summed E-state index contributed by atoms with van der Waals surface area (Å²) in [6.45, 7) is 8.38. The summed E-state index contributed by atoms with van der Waals surface area (Å²) in [5.41, 5.74) is 3.11. The van der Waals surface area contributed by atoms with Gasteiger partial charge in [0.15, 0.2) is 0 Å². The molecule has 6 heteroatoms. The minimum Gasteiger partial charge on any atom is -0.494 e. The van der Waals surface area contributed by atoms with Crippen molar-refractivity contribution in [2.45, 2.75) is 46.8 Å². The maximum absolute atomic E-state index is 12.4. The number of rotatable bonds is 5. The molecular weight excluding hydrogens is 308 g/mol. The van der Waals surface area contributed by atoms with E-state index < -0.39 is 0 Å². The van der Waals surface area contributed by atoms with Gasteiger partial charge < -0.3 is 19.3 Å². The minimum atomic E-state index is -0.205. The lowest BCUT2D eigenvalue weighted by Crippen LogP contribution is -2.24. The van der Waals surface area contributed by atoms with Crippen LogP contribution in [-0.2, 0) is 13.0 Å². The van der Waals surface area contributed by atoms with Crippen LogP contribution in [-0.4, -0.2) is 23.8 Å². The fourth-order valence-corrected chi connectivity index (χ4v) is 2.98. The van der Waals surface area contributed by atoms with Crippen molar-refractivity contribution in [1.82, 2.24) is 10.5 Å². The molecule has 1 unspecified atom stereocenters. The number of ether oxygens (including phenoxy) is 2. The lowest BCUT2D eigenvalue weighted by atomic mass is 10.1. The third-order valence-corrected chi connectivity index (χ3v) is 4.08. The Labute approximate surface area is 141 Å². The highest BCUT2D eigenvalue weighted by Crippen LogP contribution is 2.35. The maximum Gasteiger partial charge on any atom is 0.257 e. The zero-order valence-corrected chi connectivity index (χ0v) is 14.4. The highest BCUT2D eigenvalue weighted by molar-refractivity contribution is 5.96. The summed E-state index contributed by atoms with van der Waals surface area (Å²) in [6, 6.07) is 3.97. The van der Waals surface area contributed by atoms with Crippen molar-refractivity contribution in [3.8, 4) is 11.5 Å². The number of aryl methyl sites for hydroxylation is 2. The summed E-state index contributed by atoms with van der Waals surface area (Å²) < 4.78 is 16.6. The number of hydrogen-bond donors (Lipinski definition) is 1. The van der Waals surface area contributed by atoms with Crippen LogP contribution in [0.5, 0.6) is 11.5 Å². The zero-order chi connectivity index (χ0) is 17.3. The van der Waals surface area contributed by atoms with Gasteiger partial charge in [0.2, 0.25) is 0 Å². The Bertz CT molecular complexity index is 747. The molecule has 128 valence electrons. The van der Waals surface area contributed by atoms with Crippen LogP contribution in [0.3, 0.4) is 0 Å². The quantitative estimate of drug-likeness (QED) is 0.912. The van der Waals surface area contributed by atoms with E-state index in [2.05, 4.69) is 10.5 Å². The first-order chi connectivity index (χ1) is 11.5. The Hall–Kier alpha value is -2.50. The number of aromatic nitrogens is 1. The summed E-state index contributed by atoms with van der Waals surface area (Å²) >= 11 is 0. The number of nitrogens with zero attached hydrogens (tertiary/aromatic N) is 1. The molecule has 1 N–H and O–H groups in total. The van der Waals surface area contributed by atoms with Gasteiger partial charge in [-0.25, -0.2) is 0 Å². The second-order valence-corrected chi connectivity index (χ2v) is 6.02. The van der Waals surface area contributed by atoms with E-state index in [1.165, 1.54) is 0 Å². The van der Waals surface area contributed by atoms with Crippen molar-refractivity contribution in [1.29, 1.82) is 0 Å². The van der Waals surface area contributed by atoms with Crippen LogP contribution in [0, 0.1) is 13.8 Å². The van der Waals surface area contributed by atoms with Gasteiger partial charge in [0.25, 0.3) is 5.91 Å². The number of carbonyl (C=O) groups is 1. The summed E-state index contributed by atoms with van der Waals surface area (Å²) in [6.07, 6.45) is 1.04. The summed E-state index contributed by atoms with van der Waals surface area (Å²) in [5.74, 6) is 1.96. The second kappa shape index (κ2) is 6.55.